The summed E-state index contributed by atoms with van der Waals surface area (Å²) in [6, 6.07) is 25.4. The van der Waals surface area contributed by atoms with E-state index in [0.717, 1.165) is 44.0 Å². The van der Waals surface area contributed by atoms with Crippen LogP contribution in [-0.4, -0.2) is 23.0 Å². The fourth-order valence-electron chi connectivity index (χ4n) is 3.69. The normalized spacial score (nSPS) is 11.2. The molecular formula is C24H16N2O2. The third kappa shape index (κ3) is 2.50. The van der Waals surface area contributed by atoms with Gasteiger partial charge in [-0.15, -0.1) is 0 Å². The van der Waals surface area contributed by atoms with Crippen LogP contribution in [0.3, 0.4) is 0 Å². The molecule has 0 aliphatic carbocycles. The maximum absolute atomic E-state index is 12.3. The second-order valence-corrected chi connectivity index (χ2v) is 6.59. The molecule has 1 heterocycles. The van der Waals surface area contributed by atoms with Gasteiger partial charge in [0.05, 0.1) is 34.7 Å². The van der Waals surface area contributed by atoms with Crippen LogP contribution in [-0.2, 0) is 4.74 Å². The smallest absolute Gasteiger partial charge is 0.338 e. The summed E-state index contributed by atoms with van der Waals surface area (Å²) in [7, 11) is 1.40. The van der Waals surface area contributed by atoms with Gasteiger partial charge in [-0.3, -0.25) is 0 Å². The van der Waals surface area contributed by atoms with Crippen molar-refractivity contribution < 1.29 is 9.53 Å². The summed E-state index contributed by atoms with van der Waals surface area (Å²) in [5.74, 6) is -0.357. The van der Waals surface area contributed by atoms with Crippen molar-refractivity contribution in [2.24, 2.45) is 0 Å². The van der Waals surface area contributed by atoms with Crippen LogP contribution < -0.4 is 0 Å². The Morgan fingerprint density at radius 3 is 2.25 bits per heavy atom. The zero-order chi connectivity index (χ0) is 19.1. The predicted molar refractivity (Wildman–Crippen MR) is 111 cm³/mol. The minimum absolute atomic E-state index is 0.357. The van der Waals surface area contributed by atoms with Gasteiger partial charge in [0.1, 0.15) is 0 Å². The SMILES string of the molecule is COC(=O)c1ccccc1-c1cccc2ccc3nc4ccccc4nc3c12. The molecule has 134 valence electrons. The molecule has 0 atom stereocenters. The van der Waals surface area contributed by atoms with Crippen molar-refractivity contribution in [2.75, 3.05) is 7.11 Å². The Balaban J connectivity index is 1.92. The summed E-state index contributed by atoms with van der Waals surface area (Å²) in [5, 5.41) is 2.03. The van der Waals surface area contributed by atoms with Gasteiger partial charge in [-0.25, -0.2) is 14.8 Å². The standard InChI is InChI=1S/C24H16N2O2/c1-28-24(27)18-9-3-2-8-16(18)17-10-6-7-15-13-14-21-23(22(15)17)26-20-12-5-4-11-19(20)25-21/h2-14H,1H3. The molecule has 0 aliphatic rings. The van der Waals surface area contributed by atoms with Crippen molar-refractivity contribution >= 4 is 38.8 Å². The quantitative estimate of drug-likeness (QED) is 0.239. The lowest BCUT2D eigenvalue weighted by Crippen LogP contribution is -2.03. The van der Waals surface area contributed by atoms with Crippen molar-refractivity contribution in [1.82, 2.24) is 9.97 Å². The topological polar surface area (TPSA) is 52.1 Å². The van der Waals surface area contributed by atoms with Gasteiger partial charge in [-0.05, 0) is 40.8 Å². The summed E-state index contributed by atoms with van der Waals surface area (Å²) < 4.78 is 4.99. The Morgan fingerprint density at radius 1 is 0.714 bits per heavy atom. The first-order valence-corrected chi connectivity index (χ1v) is 9.02. The van der Waals surface area contributed by atoms with E-state index in [1.807, 2.05) is 66.7 Å². The zero-order valence-electron chi connectivity index (χ0n) is 15.2. The fraction of sp³-hybridized carbons (Fsp3) is 0.0417. The number of hydrogen-bond acceptors (Lipinski definition) is 4. The number of methoxy groups -OCH3 is 1. The molecule has 0 unspecified atom stereocenters. The Bertz CT molecular complexity index is 1380. The van der Waals surface area contributed by atoms with Crippen molar-refractivity contribution in [3.05, 3.63) is 84.4 Å². The summed E-state index contributed by atoms with van der Waals surface area (Å²) in [5.41, 5.74) is 5.65. The number of benzene rings is 4. The Kier molecular flexibility index (Phi) is 3.76. The third-order valence-corrected chi connectivity index (χ3v) is 4.97. The van der Waals surface area contributed by atoms with E-state index in [4.69, 9.17) is 14.7 Å². The van der Waals surface area contributed by atoms with Crippen molar-refractivity contribution in [3.63, 3.8) is 0 Å². The fourth-order valence-corrected chi connectivity index (χ4v) is 3.69. The van der Waals surface area contributed by atoms with Gasteiger partial charge in [0, 0.05) is 5.39 Å². The molecule has 0 bridgehead atoms. The Labute approximate surface area is 161 Å². The molecule has 0 radical (unpaired) electrons. The molecule has 1 aromatic heterocycles. The van der Waals surface area contributed by atoms with E-state index in [9.17, 15) is 4.79 Å². The number of fused-ring (bicyclic) bond motifs is 4. The van der Waals surface area contributed by atoms with Crippen LogP contribution in [0.5, 0.6) is 0 Å². The molecule has 5 rings (SSSR count). The van der Waals surface area contributed by atoms with Gasteiger partial charge in [-0.1, -0.05) is 54.6 Å². The summed E-state index contributed by atoms with van der Waals surface area (Å²) in [6.07, 6.45) is 0. The molecule has 0 N–H and O–H groups in total. The summed E-state index contributed by atoms with van der Waals surface area (Å²) >= 11 is 0. The Morgan fingerprint density at radius 2 is 1.43 bits per heavy atom. The molecule has 0 saturated carbocycles. The van der Waals surface area contributed by atoms with E-state index < -0.39 is 0 Å². The molecule has 0 saturated heterocycles. The highest BCUT2D eigenvalue weighted by Crippen LogP contribution is 2.35. The van der Waals surface area contributed by atoms with Crippen molar-refractivity contribution in [1.29, 1.82) is 0 Å². The van der Waals surface area contributed by atoms with E-state index >= 15 is 0 Å². The second-order valence-electron chi connectivity index (χ2n) is 6.59. The number of nitrogens with zero attached hydrogens (tertiary/aromatic N) is 2. The minimum atomic E-state index is -0.357. The number of aromatic nitrogens is 2. The molecule has 5 aromatic rings. The second kappa shape index (κ2) is 6.43. The average molecular weight is 364 g/mol. The van der Waals surface area contributed by atoms with Gasteiger partial charge in [0.15, 0.2) is 0 Å². The monoisotopic (exact) mass is 364 g/mol. The Hall–Kier alpha value is -3.79. The van der Waals surface area contributed by atoms with Crippen LogP contribution in [0, 0.1) is 0 Å². The molecule has 0 fully saturated rings. The number of ether oxygens (including phenoxy) is 1. The van der Waals surface area contributed by atoms with Crippen LogP contribution >= 0.6 is 0 Å². The van der Waals surface area contributed by atoms with E-state index in [2.05, 4.69) is 6.07 Å². The average Bonchev–Trinajstić information content (AvgIpc) is 2.76. The van der Waals surface area contributed by atoms with Crippen molar-refractivity contribution in [3.8, 4) is 11.1 Å². The van der Waals surface area contributed by atoms with Crippen LogP contribution in [0.4, 0.5) is 0 Å². The van der Waals surface area contributed by atoms with Gasteiger partial charge in [0.25, 0.3) is 0 Å². The number of carbonyl (C=O) groups is 1. The number of carbonyl (C=O) groups excluding carboxylic acids is 1. The number of hydrogen-bond donors (Lipinski definition) is 0. The molecule has 0 aliphatic heterocycles. The van der Waals surface area contributed by atoms with Gasteiger partial charge in [-0.2, -0.15) is 0 Å². The summed E-state index contributed by atoms with van der Waals surface area (Å²) in [6.45, 7) is 0. The van der Waals surface area contributed by atoms with Gasteiger partial charge < -0.3 is 4.74 Å². The molecular weight excluding hydrogens is 348 g/mol. The molecule has 28 heavy (non-hydrogen) atoms. The van der Waals surface area contributed by atoms with Gasteiger partial charge >= 0.3 is 5.97 Å². The first-order chi connectivity index (χ1) is 13.8. The molecule has 4 aromatic carbocycles. The number of para-hydroxylation sites is 2. The highest BCUT2D eigenvalue weighted by molar-refractivity contribution is 6.14. The van der Waals surface area contributed by atoms with Crippen LogP contribution in [0.15, 0.2) is 78.9 Å². The lowest BCUT2D eigenvalue weighted by atomic mass is 9.93. The maximum Gasteiger partial charge on any atom is 0.338 e. The number of esters is 1. The van der Waals surface area contributed by atoms with E-state index in [1.54, 1.807) is 6.07 Å². The predicted octanol–water partition coefficient (Wildman–Crippen LogP) is 5.39. The maximum atomic E-state index is 12.3. The molecule has 0 amide bonds. The highest BCUT2D eigenvalue weighted by atomic mass is 16.5. The third-order valence-electron chi connectivity index (χ3n) is 4.97. The molecule has 4 heteroatoms. The lowest BCUT2D eigenvalue weighted by molar-refractivity contribution is 0.0601. The lowest BCUT2D eigenvalue weighted by Gasteiger charge is -2.13. The van der Waals surface area contributed by atoms with Crippen molar-refractivity contribution in [2.45, 2.75) is 0 Å². The van der Waals surface area contributed by atoms with Crippen LogP contribution in [0.2, 0.25) is 0 Å². The van der Waals surface area contributed by atoms with E-state index in [1.165, 1.54) is 7.11 Å². The van der Waals surface area contributed by atoms with Crippen LogP contribution in [0.1, 0.15) is 10.4 Å². The number of rotatable bonds is 2. The van der Waals surface area contributed by atoms with Gasteiger partial charge in [0.2, 0.25) is 0 Å². The minimum Gasteiger partial charge on any atom is -0.465 e. The zero-order valence-corrected chi connectivity index (χ0v) is 15.2. The summed E-state index contributed by atoms with van der Waals surface area (Å²) in [4.78, 5) is 22.0. The first-order valence-electron chi connectivity index (χ1n) is 9.02. The van der Waals surface area contributed by atoms with Crippen LogP contribution in [0.25, 0.3) is 44.0 Å². The molecule has 0 spiro atoms. The van der Waals surface area contributed by atoms with E-state index in [0.29, 0.717) is 5.56 Å². The van der Waals surface area contributed by atoms with E-state index in [-0.39, 0.29) is 5.97 Å². The molecule has 4 nitrogen and oxygen atoms in total. The largest absolute Gasteiger partial charge is 0.465 e. The highest BCUT2D eigenvalue weighted by Gasteiger charge is 2.16. The first kappa shape index (κ1) is 16.4.